The number of aromatic nitrogens is 2. The van der Waals surface area contributed by atoms with Gasteiger partial charge in [0.2, 0.25) is 5.75 Å². The van der Waals surface area contributed by atoms with Crippen LogP contribution < -0.4 is 5.32 Å². The SMILES string of the molecule is CCN(CC)C(C)Cc1nc(O)c(O)c(C(=O)NCc2ccc(F)cc2)n1. The molecule has 0 radical (unpaired) electrons. The molecular weight excluding hydrogens is 351 g/mol. The molecule has 7 nitrogen and oxygen atoms in total. The van der Waals surface area contributed by atoms with Crippen LogP contribution in [0.5, 0.6) is 11.6 Å². The molecule has 0 spiro atoms. The Bertz CT molecular complexity index is 779. The van der Waals surface area contributed by atoms with E-state index in [-0.39, 0.29) is 29.9 Å². The highest BCUT2D eigenvalue weighted by Gasteiger charge is 2.21. The average Bonchev–Trinajstić information content (AvgIpc) is 2.64. The zero-order valence-corrected chi connectivity index (χ0v) is 15.7. The first kappa shape index (κ1) is 20.6. The van der Waals surface area contributed by atoms with E-state index in [1.165, 1.54) is 12.1 Å². The molecule has 1 heterocycles. The second-order valence-corrected chi connectivity index (χ2v) is 6.24. The largest absolute Gasteiger partial charge is 0.501 e. The van der Waals surface area contributed by atoms with Gasteiger partial charge in [0.25, 0.3) is 11.8 Å². The molecule has 0 bridgehead atoms. The Morgan fingerprint density at radius 1 is 1.19 bits per heavy atom. The fourth-order valence-electron chi connectivity index (χ4n) is 2.85. The van der Waals surface area contributed by atoms with Gasteiger partial charge in [0.1, 0.15) is 11.6 Å². The van der Waals surface area contributed by atoms with Crippen LogP contribution in [0.15, 0.2) is 24.3 Å². The Morgan fingerprint density at radius 2 is 1.81 bits per heavy atom. The van der Waals surface area contributed by atoms with Gasteiger partial charge in [0.15, 0.2) is 5.69 Å². The van der Waals surface area contributed by atoms with E-state index in [1.807, 2.05) is 20.8 Å². The van der Waals surface area contributed by atoms with E-state index < -0.39 is 17.5 Å². The average molecular weight is 376 g/mol. The number of aromatic hydroxyl groups is 2. The van der Waals surface area contributed by atoms with Gasteiger partial charge < -0.3 is 20.4 Å². The van der Waals surface area contributed by atoms with Crippen molar-refractivity contribution in [2.45, 2.75) is 39.8 Å². The smallest absolute Gasteiger partial charge is 0.274 e. The minimum absolute atomic E-state index is 0.110. The number of carbonyl (C=O) groups is 1. The van der Waals surface area contributed by atoms with Crippen molar-refractivity contribution in [1.29, 1.82) is 0 Å². The molecule has 1 atom stereocenters. The number of carbonyl (C=O) groups excluding carboxylic acids is 1. The number of hydrogen-bond acceptors (Lipinski definition) is 6. The molecule has 1 unspecified atom stereocenters. The lowest BCUT2D eigenvalue weighted by Gasteiger charge is -2.25. The third-order valence-electron chi connectivity index (χ3n) is 4.41. The summed E-state index contributed by atoms with van der Waals surface area (Å²) in [5.41, 5.74) is 0.407. The van der Waals surface area contributed by atoms with Crippen molar-refractivity contribution in [3.63, 3.8) is 0 Å². The Kier molecular flexibility index (Phi) is 7.06. The van der Waals surface area contributed by atoms with Gasteiger partial charge in [-0.2, -0.15) is 4.98 Å². The molecule has 0 aliphatic rings. The predicted octanol–water partition coefficient (Wildman–Crippen LogP) is 2.23. The quantitative estimate of drug-likeness (QED) is 0.654. The molecule has 0 aliphatic heterocycles. The summed E-state index contributed by atoms with van der Waals surface area (Å²) in [5.74, 6) is -2.03. The lowest BCUT2D eigenvalue weighted by Crippen LogP contribution is -2.35. The van der Waals surface area contributed by atoms with Gasteiger partial charge in [-0.25, -0.2) is 9.37 Å². The van der Waals surface area contributed by atoms with Crippen LogP contribution in [-0.2, 0) is 13.0 Å². The van der Waals surface area contributed by atoms with Crippen molar-refractivity contribution in [3.05, 3.63) is 47.2 Å². The van der Waals surface area contributed by atoms with Crippen LogP contribution in [0, 0.1) is 5.82 Å². The summed E-state index contributed by atoms with van der Waals surface area (Å²) in [7, 11) is 0. The van der Waals surface area contributed by atoms with Crippen LogP contribution >= 0.6 is 0 Å². The van der Waals surface area contributed by atoms with E-state index in [1.54, 1.807) is 12.1 Å². The second kappa shape index (κ2) is 9.27. The first-order valence-electron chi connectivity index (χ1n) is 8.91. The van der Waals surface area contributed by atoms with Gasteiger partial charge in [0, 0.05) is 19.0 Å². The molecule has 1 aromatic carbocycles. The fraction of sp³-hybridized carbons (Fsp3) is 0.421. The molecule has 0 saturated carbocycles. The highest BCUT2D eigenvalue weighted by molar-refractivity contribution is 5.95. The number of hydrogen-bond donors (Lipinski definition) is 3. The number of likely N-dealkylation sites (N-methyl/N-ethyl adjacent to an activating group) is 1. The lowest BCUT2D eigenvalue weighted by atomic mass is 10.2. The maximum atomic E-state index is 12.9. The van der Waals surface area contributed by atoms with Crippen LogP contribution in [0.25, 0.3) is 0 Å². The van der Waals surface area contributed by atoms with Gasteiger partial charge in [-0.05, 0) is 37.7 Å². The van der Waals surface area contributed by atoms with Gasteiger partial charge in [0.05, 0.1) is 0 Å². The third-order valence-corrected chi connectivity index (χ3v) is 4.41. The summed E-state index contributed by atoms with van der Waals surface area (Å²) >= 11 is 0. The fourth-order valence-corrected chi connectivity index (χ4v) is 2.85. The Hall–Kier alpha value is -2.74. The van der Waals surface area contributed by atoms with Crippen molar-refractivity contribution >= 4 is 5.91 Å². The lowest BCUT2D eigenvalue weighted by molar-refractivity contribution is 0.0941. The molecule has 1 aromatic heterocycles. The number of nitrogens with one attached hydrogen (secondary N) is 1. The topological polar surface area (TPSA) is 98.6 Å². The third kappa shape index (κ3) is 5.37. The molecule has 2 rings (SSSR count). The molecule has 0 fully saturated rings. The Morgan fingerprint density at radius 3 is 2.41 bits per heavy atom. The summed E-state index contributed by atoms with van der Waals surface area (Å²) in [6.45, 7) is 7.94. The first-order valence-corrected chi connectivity index (χ1v) is 8.91. The molecular formula is C19H25FN4O3. The van der Waals surface area contributed by atoms with E-state index in [0.29, 0.717) is 12.0 Å². The maximum Gasteiger partial charge on any atom is 0.274 e. The number of benzene rings is 1. The van der Waals surface area contributed by atoms with Crippen LogP contribution in [0.2, 0.25) is 0 Å². The van der Waals surface area contributed by atoms with E-state index in [4.69, 9.17) is 0 Å². The number of rotatable bonds is 8. The van der Waals surface area contributed by atoms with Crippen molar-refractivity contribution in [2.24, 2.45) is 0 Å². The minimum Gasteiger partial charge on any atom is -0.501 e. The summed E-state index contributed by atoms with van der Waals surface area (Å²) < 4.78 is 12.9. The summed E-state index contributed by atoms with van der Waals surface area (Å²) in [5, 5.41) is 22.4. The monoisotopic (exact) mass is 376 g/mol. The van der Waals surface area contributed by atoms with E-state index in [0.717, 1.165) is 13.1 Å². The van der Waals surface area contributed by atoms with Crippen LogP contribution in [0.1, 0.15) is 42.6 Å². The van der Waals surface area contributed by atoms with E-state index >= 15 is 0 Å². The standard InChI is InChI=1S/C19H25FN4O3/c1-4-24(5-2)12(3)10-15-22-16(17(25)19(27)23-15)18(26)21-11-13-6-8-14(20)9-7-13/h6-9,12,25H,4-5,10-11H2,1-3H3,(H,21,26)(H,22,23,27). The zero-order valence-electron chi connectivity index (χ0n) is 15.7. The number of halogens is 1. The van der Waals surface area contributed by atoms with Crippen molar-refractivity contribution in [3.8, 4) is 11.6 Å². The Labute approximate surface area is 157 Å². The van der Waals surface area contributed by atoms with Crippen LogP contribution in [-0.4, -0.2) is 50.1 Å². The van der Waals surface area contributed by atoms with Gasteiger partial charge in [-0.3, -0.25) is 4.79 Å². The van der Waals surface area contributed by atoms with Gasteiger partial charge in [-0.15, -0.1) is 0 Å². The molecule has 3 N–H and O–H groups in total. The summed E-state index contributed by atoms with van der Waals surface area (Å²) in [6, 6.07) is 5.79. The maximum absolute atomic E-state index is 12.9. The highest BCUT2D eigenvalue weighted by Crippen LogP contribution is 2.25. The molecule has 27 heavy (non-hydrogen) atoms. The minimum atomic E-state index is -0.661. The Balaban J connectivity index is 2.14. The number of nitrogens with zero attached hydrogens (tertiary/aromatic N) is 3. The predicted molar refractivity (Wildman–Crippen MR) is 99.0 cm³/mol. The molecule has 146 valence electrons. The van der Waals surface area contributed by atoms with E-state index in [9.17, 15) is 19.4 Å². The van der Waals surface area contributed by atoms with Crippen LogP contribution in [0.3, 0.4) is 0 Å². The van der Waals surface area contributed by atoms with Crippen molar-refractivity contribution in [2.75, 3.05) is 13.1 Å². The summed E-state index contributed by atoms with van der Waals surface area (Å²) in [6.07, 6.45) is 0.424. The number of amides is 1. The first-order chi connectivity index (χ1) is 12.8. The highest BCUT2D eigenvalue weighted by atomic mass is 19.1. The van der Waals surface area contributed by atoms with Crippen molar-refractivity contribution < 1.29 is 19.4 Å². The van der Waals surface area contributed by atoms with Crippen LogP contribution in [0.4, 0.5) is 4.39 Å². The van der Waals surface area contributed by atoms with Gasteiger partial charge in [-0.1, -0.05) is 26.0 Å². The molecule has 8 heteroatoms. The zero-order chi connectivity index (χ0) is 20.0. The van der Waals surface area contributed by atoms with Crippen molar-refractivity contribution in [1.82, 2.24) is 20.2 Å². The molecule has 2 aromatic rings. The second-order valence-electron chi connectivity index (χ2n) is 6.24. The molecule has 0 aliphatic carbocycles. The normalized spacial score (nSPS) is 12.2. The molecule has 0 saturated heterocycles. The molecule has 1 amide bonds. The van der Waals surface area contributed by atoms with E-state index in [2.05, 4.69) is 20.2 Å². The van der Waals surface area contributed by atoms with Gasteiger partial charge >= 0.3 is 0 Å². The summed E-state index contributed by atoms with van der Waals surface area (Å²) in [4.78, 5) is 22.6.